The first-order valence-corrected chi connectivity index (χ1v) is 6.71. The van der Waals surface area contributed by atoms with Crippen molar-refractivity contribution in [3.8, 4) is 0 Å². The number of hydrogen-bond donors (Lipinski definition) is 4. The summed E-state index contributed by atoms with van der Waals surface area (Å²) in [6.07, 6.45) is 0.568. The third-order valence-corrected chi connectivity index (χ3v) is 3.40. The molecule has 1 aliphatic heterocycles. The molecular weight excluding hydrogens is 256 g/mol. The second-order valence-corrected chi connectivity index (χ2v) is 5.13. The van der Waals surface area contributed by atoms with Crippen molar-refractivity contribution in [3.05, 3.63) is 29.8 Å². The van der Waals surface area contributed by atoms with Gasteiger partial charge in [-0.05, 0) is 43.6 Å². The van der Waals surface area contributed by atoms with Gasteiger partial charge in [0.25, 0.3) is 0 Å². The van der Waals surface area contributed by atoms with Gasteiger partial charge in [-0.1, -0.05) is 12.1 Å². The fourth-order valence-corrected chi connectivity index (χ4v) is 2.14. The Morgan fingerprint density at radius 1 is 1.35 bits per heavy atom. The van der Waals surface area contributed by atoms with Crippen LogP contribution in [0.15, 0.2) is 24.3 Å². The Morgan fingerprint density at radius 2 is 2.00 bits per heavy atom. The average molecular weight is 276 g/mol. The third kappa shape index (κ3) is 3.96. The predicted octanol–water partition coefficient (Wildman–Crippen LogP) is 0.964. The van der Waals surface area contributed by atoms with E-state index < -0.39 is 6.03 Å². The van der Waals surface area contributed by atoms with Crippen LogP contribution in [0.2, 0.25) is 0 Å². The van der Waals surface area contributed by atoms with Crippen LogP contribution in [0.5, 0.6) is 0 Å². The molecule has 1 aromatic rings. The lowest BCUT2D eigenvalue weighted by Crippen LogP contribution is -2.44. The Morgan fingerprint density at radius 3 is 2.50 bits per heavy atom. The molecule has 1 saturated heterocycles. The molecule has 6 nitrogen and oxygen atoms in total. The van der Waals surface area contributed by atoms with Gasteiger partial charge in [-0.2, -0.15) is 0 Å². The van der Waals surface area contributed by atoms with Crippen molar-refractivity contribution in [2.24, 2.45) is 11.7 Å². The van der Waals surface area contributed by atoms with Gasteiger partial charge in [-0.3, -0.25) is 4.79 Å². The van der Waals surface area contributed by atoms with Gasteiger partial charge in [0.1, 0.15) is 0 Å². The van der Waals surface area contributed by atoms with Gasteiger partial charge in [0.15, 0.2) is 0 Å². The zero-order valence-electron chi connectivity index (χ0n) is 11.5. The summed E-state index contributed by atoms with van der Waals surface area (Å²) in [6.45, 7) is 3.79. The van der Waals surface area contributed by atoms with E-state index in [0.717, 1.165) is 18.7 Å². The van der Waals surface area contributed by atoms with Crippen LogP contribution in [0.4, 0.5) is 10.5 Å². The second-order valence-electron chi connectivity index (χ2n) is 5.13. The van der Waals surface area contributed by atoms with Crippen LogP contribution in [0.3, 0.4) is 0 Å². The van der Waals surface area contributed by atoms with Gasteiger partial charge in [-0.15, -0.1) is 0 Å². The van der Waals surface area contributed by atoms with E-state index in [1.165, 1.54) is 0 Å². The van der Waals surface area contributed by atoms with Gasteiger partial charge in [0.2, 0.25) is 5.91 Å². The molecule has 5 N–H and O–H groups in total. The van der Waals surface area contributed by atoms with Crippen molar-refractivity contribution in [3.63, 3.8) is 0 Å². The highest BCUT2D eigenvalue weighted by Crippen LogP contribution is 2.17. The van der Waals surface area contributed by atoms with Crippen molar-refractivity contribution in [2.45, 2.75) is 19.4 Å². The molecule has 0 spiro atoms. The molecule has 1 unspecified atom stereocenters. The van der Waals surface area contributed by atoms with Gasteiger partial charge in [-0.25, -0.2) is 4.79 Å². The molecule has 1 aromatic carbocycles. The van der Waals surface area contributed by atoms with Gasteiger partial charge in [0, 0.05) is 12.1 Å². The quantitative estimate of drug-likeness (QED) is 0.645. The van der Waals surface area contributed by atoms with Crippen LogP contribution in [0.1, 0.15) is 24.9 Å². The Kier molecular flexibility index (Phi) is 4.57. The lowest BCUT2D eigenvalue weighted by atomic mass is 9.98. The van der Waals surface area contributed by atoms with Crippen molar-refractivity contribution >= 4 is 17.6 Å². The normalized spacial score (nSPS) is 16.1. The number of carbonyl (C=O) groups excluding carboxylic acids is 2. The average Bonchev–Trinajstić information content (AvgIpc) is 2.34. The molecule has 0 aliphatic carbocycles. The minimum Gasteiger partial charge on any atom is -0.351 e. The fourth-order valence-electron chi connectivity index (χ4n) is 2.14. The van der Waals surface area contributed by atoms with Crippen molar-refractivity contribution in [1.29, 1.82) is 0 Å². The predicted molar refractivity (Wildman–Crippen MR) is 77.2 cm³/mol. The molecule has 0 radical (unpaired) electrons. The number of primary amides is 1. The SMILES string of the molecule is CC(NC(=O)CC1CNC1)c1ccc(NC(N)=O)cc1. The largest absolute Gasteiger partial charge is 0.351 e. The summed E-state index contributed by atoms with van der Waals surface area (Å²) < 4.78 is 0. The molecule has 108 valence electrons. The smallest absolute Gasteiger partial charge is 0.316 e. The molecular formula is C14H20N4O2. The van der Waals surface area contributed by atoms with Crippen LogP contribution < -0.4 is 21.7 Å². The first-order valence-electron chi connectivity index (χ1n) is 6.71. The number of urea groups is 1. The van der Waals surface area contributed by atoms with E-state index in [-0.39, 0.29) is 11.9 Å². The topological polar surface area (TPSA) is 96.2 Å². The van der Waals surface area contributed by atoms with E-state index in [4.69, 9.17) is 5.73 Å². The highest BCUT2D eigenvalue weighted by molar-refractivity contribution is 5.87. The number of benzene rings is 1. The van der Waals surface area contributed by atoms with Gasteiger partial charge >= 0.3 is 6.03 Å². The Bertz CT molecular complexity index is 482. The fraction of sp³-hybridized carbons (Fsp3) is 0.429. The standard InChI is InChI=1S/C14H20N4O2/c1-9(17-13(19)6-10-7-16-8-10)11-2-4-12(5-3-11)18-14(15)20/h2-5,9-10,16H,6-8H2,1H3,(H,17,19)(H3,15,18,20). The van der Waals surface area contributed by atoms with Crippen molar-refractivity contribution < 1.29 is 9.59 Å². The van der Waals surface area contributed by atoms with Crippen LogP contribution in [0.25, 0.3) is 0 Å². The van der Waals surface area contributed by atoms with E-state index in [0.29, 0.717) is 18.0 Å². The highest BCUT2D eigenvalue weighted by Gasteiger charge is 2.21. The van der Waals surface area contributed by atoms with Crippen LogP contribution in [-0.4, -0.2) is 25.0 Å². The molecule has 6 heteroatoms. The van der Waals surface area contributed by atoms with E-state index in [1.807, 2.05) is 19.1 Å². The Balaban J connectivity index is 1.86. The number of nitrogens with one attached hydrogen (secondary N) is 3. The lowest BCUT2D eigenvalue weighted by molar-refractivity contribution is -0.123. The zero-order chi connectivity index (χ0) is 14.5. The Hall–Kier alpha value is -2.08. The molecule has 0 aromatic heterocycles. The number of anilines is 1. The van der Waals surface area contributed by atoms with Gasteiger partial charge < -0.3 is 21.7 Å². The molecule has 1 fully saturated rings. The number of rotatable bonds is 5. The number of nitrogens with two attached hydrogens (primary N) is 1. The van der Waals surface area contributed by atoms with Crippen LogP contribution in [0, 0.1) is 5.92 Å². The van der Waals surface area contributed by atoms with E-state index in [2.05, 4.69) is 16.0 Å². The first kappa shape index (κ1) is 14.3. The maximum absolute atomic E-state index is 11.8. The summed E-state index contributed by atoms with van der Waals surface area (Å²) in [5, 5.41) is 8.62. The van der Waals surface area contributed by atoms with Crippen LogP contribution >= 0.6 is 0 Å². The van der Waals surface area contributed by atoms with E-state index in [1.54, 1.807) is 12.1 Å². The van der Waals surface area contributed by atoms with E-state index in [9.17, 15) is 9.59 Å². The molecule has 1 heterocycles. The number of hydrogen-bond acceptors (Lipinski definition) is 3. The van der Waals surface area contributed by atoms with Crippen LogP contribution in [-0.2, 0) is 4.79 Å². The lowest BCUT2D eigenvalue weighted by Gasteiger charge is -2.27. The van der Waals surface area contributed by atoms with Crippen molar-refractivity contribution in [2.75, 3.05) is 18.4 Å². The molecule has 1 aliphatic rings. The Labute approximate surface area is 118 Å². The molecule has 1 atom stereocenters. The minimum atomic E-state index is -0.590. The van der Waals surface area contributed by atoms with Gasteiger partial charge in [0.05, 0.1) is 6.04 Å². The molecule has 2 rings (SSSR count). The summed E-state index contributed by atoms with van der Waals surface area (Å²) in [7, 11) is 0. The first-order chi connectivity index (χ1) is 9.54. The zero-order valence-corrected chi connectivity index (χ0v) is 11.5. The molecule has 20 heavy (non-hydrogen) atoms. The summed E-state index contributed by atoms with van der Waals surface area (Å²) in [6, 6.07) is 6.60. The summed E-state index contributed by atoms with van der Waals surface area (Å²) in [5.41, 5.74) is 6.67. The second kappa shape index (κ2) is 6.38. The number of amides is 3. The number of carbonyl (C=O) groups is 2. The molecule has 0 bridgehead atoms. The minimum absolute atomic E-state index is 0.0573. The van der Waals surface area contributed by atoms with E-state index >= 15 is 0 Å². The molecule has 0 saturated carbocycles. The summed E-state index contributed by atoms with van der Waals surface area (Å²) in [5.74, 6) is 0.535. The summed E-state index contributed by atoms with van der Waals surface area (Å²) in [4.78, 5) is 22.5. The maximum atomic E-state index is 11.8. The maximum Gasteiger partial charge on any atom is 0.316 e. The third-order valence-electron chi connectivity index (χ3n) is 3.40. The van der Waals surface area contributed by atoms with Crippen molar-refractivity contribution in [1.82, 2.24) is 10.6 Å². The highest BCUT2D eigenvalue weighted by atomic mass is 16.2. The summed E-state index contributed by atoms with van der Waals surface area (Å²) >= 11 is 0. The molecule has 3 amide bonds. The monoisotopic (exact) mass is 276 g/mol.